The standard InChI is InChI=1S/C17H13F2NO3S/c1-23-13-8-9-15-12(11-13)7-10-16(20-15)17(18,19)24(21,22)14-5-3-2-4-6-14/h2-11H,1H3. The highest BCUT2D eigenvalue weighted by Crippen LogP contribution is 2.38. The fourth-order valence-corrected chi connectivity index (χ4v) is 3.48. The molecule has 0 unspecified atom stereocenters. The minimum Gasteiger partial charge on any atom is -0.497 e. The first-order chi connectivity index (χ1) is 11.4. The summed E-state index contributed by atoms with van der Waals surface area (Å²) in [5, 5.41) is -3.56. The Balaban J connectivity index is 2.11. The number of alkyl halides is 2. The number of benzene rings is 2. The molecule has 3 rings (SSSR count). The Morgan fingerprint density at radius 1 is 1.00 bits per heavy atom. The number of hydrogen-bond donors (Lipinski definition) is 0. The van der Waals surface area contributed by atoms with E-state index in [1.165, 1.54) is 31.4 Å². The Labute approximate surface area is 137 Å². The molecule has 0 amide bonds. The third kappa shape index (κ3) is 2.60. The van der Waals surface area contributed by atoms with Crippen molar-refractivity contribution in [2.75, 3.05) is 7.11 Å². The van der Waals surface area contributed by atoms with Crippen molar-refractivity contribution in [1.29, 1.82) is 0 Å². The Morgan fingerprint density at radius 3 is 2.38 bits per heavy atom. The van der Waals surface area contributed by atoms with Gasteiger partial charge in [-0.25, -0.2) is 13.4 Å². The van der Waals surface area contributed by atoms with Gasteiger partial charge < -0.3 is 4.74 Å². The summed E-state index contributed by atoms with van der Waals surface area (Å²) in [5.41, 5.74) is -0.555. The van der Waals surface area contributed by atoms with Crippen molar-refractivity contribution in [3.63, 3.8) is 0 Å². The highest BCUT2D eigenvalue weighted by atomic mass is 32.2. The molecule has 0 aliphatic rings. The van der Waals surface area contributed by atoms with Crippen molar-refractivity contribution >= 4 is 20.7 Å². The van der Waals surface area contributed by atoms with E-state index in [4.69, 9.17) is 4.74 Å². The summed E-state index contributed by atoms with van der Waals surface area (Å²) in [5.74, 6) is 0.556. The molecule has 124 valence electrons. The Bertz CT molecular complexity index is 989. The zero-order valence-corrected chi connectivity index (χ0v) is 13.4. The molecule has 0 radical (unpaired) electrons. The largest absolute Gasteiger partial charge is 0.497 e. The lowest BCUT2D eigenvalue weighted by Crippen LogP contribution is -2.27. The van der Waals surface area contributed by atoms with E-state index in [9.17, 15) is 17.2 Å². The number of methoxy groups -OCH3 is 1. The van der Waals surface area contributed by atoms with Gasteiger partial charge in [0.1, 0.15) is 11.4 Å². The number of pyridine rings is 1. The minimum absolute atomic E-state index is 0.260. The molecule has 3 aromatic rings. The van der Waals surface area contributed by atoms with Gasteiger partial charge in [0.05, 0.1) is 17.5 Å². The van der Waals surface area contributed by atoms with E-state index in [0.29, 0.717) is 11.1 Å². The summed E-state index contributed by atoms with van der Waals surface area (Å²) in [7, 11) is -3.40. The van der Waals surface area contributed by atoms with Crippen LogP contribution in [0.5, 0.6) is 5.75 Å². The number of ether oxygens (including phenoxy) is 1. The summed E-state index contributed by atoms with van der Waals surface area (Å²) in [6.07, 6.45) is 0. The first-order valence-electron chi connectivity index (χ1n) is 6.99. The fourth-order valence-electron chi connectivity index (χ4n) is 2.28. The summed E-state index contributed by atoms with van der Waals surface area (Å²) >= 11 is 0. The molecule has 0 saturated heterocycles. The molecule has 0 N–H and O–H groups in total. The molecule has 0 fully saturated rings. The molecular weight excluding hydrogens is 336 g/mol. The smallest absolute Gasteiger partial charge is 0.391 e. The van der Waals surface area contributed by atoms with Crippen LogP contribution in [-0.4, -0.2) is 20.5 Å². The van der Waals surface area contributed by atoms with Crippen LogP contribution in [0, 0.1) is 0 Å². The van der Waals surface area contributed by atoms with E-state index >= 15 is 0 Å². The van der Waals surface area contributed by atoms with Crippen LogP contribution in [0.4, 0.5) is 8.78 Å². The molecule has 1 heterocycles. The van der Waals surface area contributed by atoms with Crippen LogP contribution in [-0.2, 0) is 15.1 Å². The molecular formula is C17H13F2NO3S. The molecule has 0 bridgehead atoms. The van der Waals surface area contributed by atoms with Gasteiger partial charge in [-0.1, -0.05) is 24.3 Å². The highest BCUT2D eigenvalue weighted by Gasteiger charge is 2.49. The molecule has 0 aliphatic carbocycles. The van der Waals surface area contributed by atoms with Gasteiger partial charge in [-0.15, -0.1) is 0 Å². The van der Waals surface area contributed by atoms with Crippen molar-refractivity contribution in [3.05, 3.63) is 66.4 Å². The van der Waals surface area contributed by atoms with Crippen LogP contribution in [0.2, 0.25) is 0 Å². The number of sulfone groups is 1. The predicted octanol–water partition coefficient (Wildman–Crippen LogP) is 3.77. The first kappa shape index (κ1) is 16.3. The lowest BCUT2D eigenvalue weighted by atomic mass is 10.2. The molecule has 7 heteroatoms. The maximum atomic E-state index is 14.6. The van der Waals surface area contributed by atoms with Gasteiger partial charge in [0.2, 0.25) is 9.84 Å². The van der Waals surface area contributed by atoms with E-state index in [2.05, 4.69) is 4.98 Å². The topological polar surface area (TPSA) is 56.3 Å². The first-order valence-corrected chi connectivity index (χ1v) is 8.47. The van der Waals surface area contributed by atoms with Crippen molar-refractivity contribution in [2.24, 2.45) is 0 Å². The van der Waals surface area contributed by atoms with E-state index in [1.807, 2.05) is 0 Å². The molecule has 2 aromatic carbocycles. The van der Waals surface area contributed by atoms with Crippen LogP contribution < -0.4 is 4.74 Å². The van der Waals surface area contributed by atoms with Crippen LogP contribution in [0.1, 0.15) is 5.69 Å². The third-order valence-corrected chi connectivity index (χ3v) is 5.36. The minimum atomic E-state index is -4.89. The maximum Gasteiger partial charge on any atom is 0.391 e. The van der Waals surface area contributed by atoms with Gasteiger partial charge >= 0.3 is 5.25 Å². The van der Waals surface area contributed by atoms with E-state index in [-0.39, 0.29) is 5.52 Å². The SMILES string of the molecule is COc1ccc2nc(C(F)(F)S(=O)(=O)c3ccccc3)ccc2c1. The van der Waals surface area contributed by atoms with Crippen molar-refractivity contribution in [1.82, 2.24) is 4.98 Å². The number of halogens is 2. The summed E-state index contributed by atoms with van der Waals surface area (Å²) in [6.45, 7) is 0. The van der Waals surface area contributed by atoms with Gasteiger partial charge in [0.15, 0.2) is 0 Å². The second-order valence-electron chi connectivity index (χ2n) is 5.09. The van der Waals surface area contributed by atoms with E-state index < -0.39 is 25.7 Å². The van der Waals surface area contributed by atoms with Gasteiger partial charge in [0, 0.05) is 5.39 Å². The summed E-state index contributed by atoms with van der Waals surface area (Å²) in [6, 6.07) is 13.7. The van der Waals surface area contributed by atoms with E-state index in [1.54, 1.807) is 18.2 Å². The lowest BCUT2D eigenvalue weighted by Gasteiger charge is -2.17. The quantitative estimate of drug-likeness (QED) is 0.719. The van der Waals surface area contributed by atoms with Gasteiger partial charge in [-0.2, -0.15) is 8.78 Å². The summed E-state index contributed by atoms with van der Waals surface area (Å²) < 4.78 is 58.9. The predicted molar refractivity (Wildman–Crippen MR) is 85.8 cm³/mol. The summed E-state index contributed by atoms with van der Waals surface area (Å²) in [4.78, 5) is 3.38. The van der Waals surface area contributed by atoms with Gasteiger partial charge in [-0.05, 0) is 36.4 Å². The number of hydrogen-bond acceptors (Lipinski definition) is 4. The second kappa shape index (κ2) is 5.83. The lowest BCUT2D eigenvalue weighted by molar-refractivity contribution is 0.0860. The van der Waals surface area contributed by atoms with Gasteiger partial charge in [0.25, 0.3) is 0 Å². The average molecular weight is 349 g/mol. The van der Waals surface area contributed by atoms with Crippen molar-refractivity contribution in [2.45, 2.75) is 10.2 Å². The van der Waals surface area contributed by atoms with Gasteiger partial charge in [-0.3, -0.25) is 0 Å². The molecule has 0 atom stereocenters. The molecule has 1 aromatic heterocycles. The second-order valence-corrected chi connectivity index (χ2v) is 7.08. The zero-order chi connectivity index (χ0) is 17.4. The molecule has 0 aliphatic heterocycles. The average Bonchev–Trinajstić information content (AvgIpc) is 2.61. The van der Waals surface area contributed by atoms with E-state index in [0.717, 1.165) is 18.2 Å². The number of fused-ring (bicyclic) bond motifs is 1. The molecule has 4 nitrogen and oxygen atoms in total. The zero-order valence-electron chi connectivity index (χ0n) is 12.6. The highest BCUT2D eigenvalue weighted by molar-refractivity contribution is 7.92. The molecule has 0 saturated carbocycles. The number of rotatable bonds is 4. The van der Waals surface area contributed by atoms with Crippen molar-refractivity contribution < 1.29 is 21.9 Å². The normalized spacial score (nSPS) is 12.3. The van der Waals surface area contributed by atoms with Crippen LogP contribution in [0.25, 0.3) is 10.9 Å². The third-order valence-electron chi connectivity index (χ3n) is 3.59. The van der Waals surface area contributed by atoms with Crippen LogP contribution >= 0.6 is 0 Å². The van der Waals surface area contributed by atoms with Crippen LogP contribution in [0.3, 0.4) is 0 Å². The maximum absolute atomic E-state index is 14.6. The monoisotopic (exact) mass is 349 g/mol. The Hall–Kier alpha value is -2.54. The molecule has 24 heavy (non-hydrogen) atoms. The number of nitrogens with zero attached hydrogens (tertiary/aromatic N) is 1. The molecule has 0 spiro atoms. The Kier molecular flexibility index (Phi) is 3.96. The number of aromatic nitrogens is 1. The van der Waals surface area contributed by atoms with Crippen LogP contribution in [0.15, 0.2) is 65.6 Å². The van der Waals surface area contributed by atoms with Crippen molar-refractivity contribution in [3.8, 4) is 5.75 Å². The fraction of sp³-hybridized carbons (Fsp3) is 0.118. The Morgan fingerprint density at radius 2 is 1.71 bits per heavy atom.